The van der Waals surface area contributed by atoms with Gasteiger partial charge < -0.3 is 10.2 Å². The molecular weight excluding hydrogens is 218 g/mol. The van der Waals surface area contributed by atoms with Gasteiger partial charge in [-0.15, -0.1) is 0 Å². The fraction of sp³-hybridized carbons (Fsp3) is 0.923. The van der Waals surface area contributed by atoms with Crippen LogP contribution < -0.4 is 5.32 Å². The molecule has 0 saturated heterocycles. The minimum Gasteiger partial charge on any atom is -0.480 e. The lowest BCUT2D eigenvalue weighted by atomic mass is 9.79. The summed E-state index contributed by atoms with van der Waals surface area (Å²) in [5.74, 6) is -0.552. The van der Waals surface area contributed by atoms with Crippen LogP contribution in [0.2, 0.25) is 0 Å². The molecule has 0 aromatic carbocycles. The minimum atomic E-state index is -0.861. The van der Waals surface area contributed by atoms with Crippen molar-refractivity contribution in [3.05, 3.63) is 0 Å². The van der Waals surface area contributed by atoms with Gasteiger partial charge in [0.2, 0.25) is 0 Å². The molecule has 0 spiro atoms. The molecule has 17 heavy (non-hydrogen) atoms. The third-order valence-corrected chi connectivity index (χ3v) is 4.48. The van der Waals surface area contributed by atoms with E-state index in [1.807, 2.05) is 0 Å². The number of carboxylic acids is 1. The Morgan fingerprint density at radius 3 is 2.35 bits per heavy atom. The van der Waals surface area contributed by atoms with Gasteiger partial charge >= 0.3 is 5.97 Å². The molecule has 2 saturated carbocycles. The smallest absolute Gasteiger partial charge is 0.323 e. The Balaban J connectivity index is 2.12. The number of hydrogen-bond donors (Lipinski definition) is 3. The molecule has 1 unspecified atom stereocenters. The van der Waals surface area contributed by atoms with Gasteiger partial charge in [0.1, 0.15) is 5.54 Å². The molecule has 0 aromatic rings. The number of rotatable bonds is 5. The van der Waals surface area contributed by atoms with Crippen molar-refractivity contribution in [3.8, 4) is 0 Å². The highest BCUT2D eigenvalue weighted by molar-refractivity contribution is 5.79. The molecule has 0 aliphatic heterocycles. The lowest BCUT2D eigenvalue weighted by molar-refractivity contribution is -0.147. The summed E-state index contributed by atoms with van der Waals surface area (Å²) in [7, 11) is 0. The van der Waals surface area contributed by atoms with E-state index in [4.69, 9.17) is 0 Å². The van der Waals surface area contributed by atoms with Crippen LogP contribution in [0.3, 0.4) is 0 Å². The molecule has 4 heteroatoms. The number of hydrogen-bond acceptors (Lipinski definition) is 3. The van der Waals surface area contributed by atoms with E-state index in [-0.39, 0.29) is 18.1 Å². The fourth-order valence-electron chi connectivity index (χ4n) is 3.09. The van der Waals surface area contributed by atoms with Gasteiger partial charge in [-0.05, 0) is 38.5 Å². The maximum Gasteiger partial charge on any atom is 0.323 e. The summed E-state index contributed by atoms with van der Waals surface area (Å²) >= 11 is 0. The summed E-state index contributed by atoms with van der Waals surface area (Å²) in [5.41, 5.74) is -1.23. The van der Waals surface area contributed by atoms with Crippen LogP contribution in [0.15, 0.2) is 0 Å². The van der Waals surface area contributed by atoms with E-state index in [2.05, 4.69) is 5.32 Å². The van der Waals surface area contributed by atoms with E-state index in [0.29, 0.717) is 0 Å². The van der Waals surface area contributed by atoms with E-state index < -0.39 is 11.5 Å². The number of carbonyl (C=O) groups is 1. The zero-order valence-corrected chi connectivity index (χ0v) is 10.5. The highest BCUT2D eigenvalue weighted by Crippen LogP contribution is 2.42. The molecule has 2 aliphatic carbocycles. The molecule has 2 fully saturated rings. The zero-order valence-electron chi connectivity index (χ0n) is 10.5. The monoisotopic (exact) mass is 241 g/mol. The summed E-state index contributed by atoms with van der Waals surface area (Å²) < 4.78 is 0. The molecule has 3 N–H and O–H groups in total. The third kappa shape index (κ3) is 2.47. The molecule has 0 bridgehead atoms. The van der Waals surface area contributed by atoms with Crippen molar-refractivity contribution < 1.29 is 15.0 Å². The first-order valence-electron chi connectivity index (χ1n) is 6.66. The molecular formula is C13H23NO3. The zero-order chi connectivity index (χ0) is 12.5. The second-order valence-electron chi connectivity index (χ2n) is 5.91. The molecule has 2 rings (SSSR count). The van der Waals surface area contributed by atoms with E-state index in [0.717, 1.165) is 38.5 Å². The van der Waals surface area contributed by atoms with Crippen molar-refractivity contribution in [3.63, 3.8) is 0 Å². The Morgan fingerprint density at radius 2 is 1.94 bits per heavy atom. The standard InChI is InChI=1S/C13H23NO3/c1-12(11(16)17,10-5-6-10)14-13(9-15)7-3-2-4-8-13/h10,14-15H,2-9H2,1H3,(H,16,17). The van der Waals surface area contributed by atoms with Gasteiger partial charge in [-0.3, -0.25) is 10.1 Å². The summed E-state index contributed by atoms with van der Waals surface area (Å²) in [6.07, 6.45) is 7.09. The van der Waals surface area contributed by atoms with Crippen molar-refractivity contribution in [2.45, 2.75) is 62.9 Å². The van der Waals surface area contributed by atoms with Crippen molar-refractivity contribution >= 4 is 5.97 Å². The SMILES string of the molecule is CC(NC1(CO)CCCCC1)(C(=O)O)C1CC1. The summed E-state index contributed by atoms with van der Waals surface area (Å²) in [6, 6.07) is 0. The molecule has 98 valence electrons. The molecule has 0 aromatic heterocycles. The molecule has 0 amide bonds. The van der Waals surface area contributed by atoms with Crippen LogP contribution in [0.5, 0.6) is 0 Å². The normalized spacial score (nSPS) is 27.4. The van der Waals surface area contributed by atoms with Gasteiger partial charge in [0.15, 0.2) is 0 Å². The third-order valence-electron chi connectivity index (χ3n) is 4.48. The van der Waals surface area contributed by atoms with E-state index in [9.17, 15) is 15.0 Å². The number of aliphatic hydroxyl groups is 1. The molecule has 0 heterocycles. The molecule has 2 aliphatic rings. The van der Waals surface area contributed by atoms with Gasteiger partial charge in [-0.1, -0.05) is 19.3 Å². The van der Waals surface area contributed by atoms with Crippen LogP contribution in [0.25, 0.3) is 0 Å². The Labute approximate surface area is 102 Å². The number of nitrogens with one attached hydrogen (secondary N) is 1. The average Bonchev–Trinajstić information content (AvgIpc) is 3.14. The largest absolute Gasteiger partial charge is 0.480 e. The lowest BCUT2D eigenvalue weighted by Crippen LogP contribution is -2.63. The Morgan fingerprint density at radius 1 is 1.35 bits per heavy atom. The Bertz CT molecular complexity index is 295. The molecule has 1 atom stereocenters. The Hall–Kier alpha value is -0.610. The van der Waals surface area contributed by atoms with Crippen LogP contribution in [0.4, 0.5) is 0 Å². The van der Waals surface area contributed by atoms with E-state index in [1.165, 1.54) is 6.42 Å². The molecule has 4 nitrogen and oxygen atoms in total. The van der Waals surface area contributed by atoms with Crippen molar-refractivity contribution in [1.29, 1.82) is 0 Å². The first-order chi connectivity index (χ1) is 8.02. The maximum atomic E-state index is 11.5. The summed E-state index contributed by atoms with van der Waals surface area (Å²) in [6.45, 7) is 1.82. The van der Waals surface area contributed by atoms with Crippen LogP contribution in [-0.4, -0.2) is 33.9 Å². The average molecular weight is 241 g/mol. The summed E-state index contributed by atoms with van der Waals surface area (Å²) in [5, 5.41) is 22.4. The number of carboxylic acid groups (broad SMARTS) is 1. The lowest BCUT2D eigenvalue weighted by Gasteiger charge is -2.43. The van der Waals surface area contributed by atoms with Gasteiger partial charge in [-0.25, -0.2) is 0 Å². The van der Waals surface area contributed by atoms with Crippen LogP contribution in [0, 0.1) is 5.92 Å². The van der Waals surface area contributed by atoms with Gasteiger partial charge in [0.25, 0.3) is 0 Å². The maximum absolute atomic E-state index is 11.5. The fourth-order valence-corrected chi connectivity index (χ4v) is 3.09. The van der Waals surface area contributed by atoms with Crippen molar-refractivity contribution in [1.82, 2.24) is 5.32 Å². The molecule has 0 radical (unpaired) electrons. The predicted octanol–water partition coefficient (Wildman–Crippen LogP) is 1.52. The predicted molar refractivity (Wildman–Crippen MR) is 64.8 cm³/mol. The highest BCUT2D eigenvalue weighted by Gasteiger charge is 2.51. The van der Waals surface area contributed by atoms with Crippen LogP contribution in [-0.2, 0) is 4.79 Å². The van der Waals surface area contributed by atoms with Crippen molar-refractivity contribution in [2.75, 3.05) is 6.61 Å². The number of aliphatic carboxylic acids is 1. The Kier molecular flexibility index (Phi) is 3.46. The first-order valence-corrected chi connectivity index (χ1v) is 6.66. The van der Waals surface area contributed by atoms with E-state index >= 15 is 0 Å². The van der Waals surface area contributed by atoms with Crippen LogP contribution >= 0.6 is 0 Å². The second kappa shape index (κ2) is 4.58. The second-order valence-corrected chi connectivity index (χ2v) is 5.91. The number of aliphatic hydroxyl groups excluding tert-OH is 1. The van der Waals surface area contributed by atoms with Gasteiger partial charge in [0, 0.05) is 5.54 Å². The summed E-state index contributed by atoms with van der Waals surface area (Å²) in [4.78, 5) is 11.5. The first kappa shape index (κ1) is 12.8. The van der Waals surface area contributed by atoms with Crippen LogP contribution in [0.1, 0.15) is 51.9 Å². The minimum absolute atomic E-state index is 0.0442. The van der Waals surface area contributed by atoms with Gasteiger partial charge in [0.05, 0.1) is 6.61 Å². The van der Waals surface area contributed by atoms with Crippen molar-refractivity contribution in [2.24, 2.45) is 5.92 Å². The topological polar surface area (TPSA) is 69.6 Å². The van der Waals surface area contributed by atoms with Gasteiger partial charge in [-0.2, -0.15) is 0 Å². The van der Waals surface area contributed by atoms with E-state index in [1.54, 1.807) is 6.92 Å². The highest BCUT2D eigenvalue weighted by atomic mass is 16.4. The quantitative estimate of drug-likeness (QED) is 0.682.